The van der Waals surface area contributed by atoms with Gasteiger partial charge in [0, 0.05) is 6.42 Å². The van der Waals surface area contributed by atoms with Crippen LogP contribution in [0.25, 0.3) is 0 Å². The topological polar surface area (TPSA) is 136 Å². The van der Waals surface area contributed by atoms with Crippen LogP contribution >= 0.6 is 0 Å². The number of para-hydroxylation sites is 1. The highest BCUT2D eigenvalue weighted by Gasteiger charge is 2.55. The van der Waals surface area contributed by atoms with Gasteiger partial charge in [-0.05, 0) is 12.1 Å². The molecule has 1 amide bonds. The minimum absolute atomic E-state index is 0.147. The molecule has 0 radical (unpaired) electrons. The van der Waals surface area contributed by atoms with Crippen LogP contribution in [0.5, 0.6) is 5.75 Å². The zero-order valence-corrected chi connectivity index (χ0v) is 18.1. The van der Waals surface area contributed by atoms with Gasteiger partial charge < -0.3 is 19.7 Å². The van der Waals surface area contributed by atoms with E-state index in [2.05, 4.69) is 15.3 Å². The lowest BCUT2D eigenvalue weighted by molar-refractivity contribution is -0.118. The van der Waals surface area contributed by atoms with Crippen molar-refractivity contribution in [3.8, 4) is 5.75 Å². The molecule has 1 aromatic carbocycles. The quantitative estimate of drug-likeness (QED) is 0.531. The number of nitrogens with zero attached hydrogens (tertiary/aromatic N) is 3. The van der Waals surface area contributed by atoms with Crippen molar-refractivity contribution in [2.24, 2.45) is 0 Å². The van der Waals surface area contributed by atoms with Gasteiger partial charge in [0.2, 0.25) is 5.95 Å². The number of rotatable bonds is 7. The van der Waals surface area contributed by atoms with Crippen LogP contribution in [-0.2, 0) is 14.9 Å². The summed E-state index contributed by atoms with van der Waals surface area (Å²) in [5.41, 5.74) is -0.669. The van der Waals surface area contributed by atoms with E-state index in [1.165, 1.54) is 10.9 Å². The van der Waals surface area contributed by atoms with Crippen LogP contribution < -0.4 is 15.7 Å². The molecule has 0 spiro atoms. The van der Waals surface area contributed by atoms with Gasteiger partial charge in [0.05, 0.1) is 12.7 Å². The molecule has 1 aromatic heterocycles. The number of ether oxygens (including phenoxy) is 2. The standard InChI is InChI=1S/C19H26N4O6Si/c1-30(2,3)19(9-14(25)15(10-24)29-19)23-12-20-17(22-18(23)27)21-16(26)11-28-13-7-5-4-6-8-13/h4-8,12,14-15,24-25H,9-11H2,1-3H3,(H,21,22,26,27)/t14-,15+,19-/m0/s1. The molecule has 1 fully saturated rings. The second-order valence-electron chi connectivity index (χ2n) is 8.13. The number of carbonyl (C=O) groups is 1. The summed E-state index contributed by atoms with van der Waals surface area (Å²) in [5.74, 6) is -0.124. The Labute approximate surface area is 174 Å². The fraction of sp³-hybridized carbons (Fsp3) is 0.474. The molecule has 162 valence electrons. The van der Waals surface area contributed by atoms with E-state index in [1.807, 2.05) is 25.7 Å². The van der Waals surface area contributed by atoms with Gasteiger partial charge in [-0.2, -0.15) is 4.98 Å². The minimum atomic E-state index is -2.26. The second-order valence-corrected chi connectivity index (χ2v) is 13.4. The van der Waals surface area contributed by atoms with Crippen LogP contribution in [0.1, 0.15) is 6.42 Å². The fourth-order valence-electron chi connectivity index (χ4n) is 3.42. The maximum atomic E-state index is 12.8. The Kier molecular flexibility index (Phi) is 6.36. The maximum Gasteiger partial charge on any atom is 0.354 e. The summed E-state index contributed by atoms with van der Waals surface area (Å²) in [4.78, 5) is 32.8. The van der Waals surface area contributed by atoms with Crippen molar-refractivity contribution in [1.82, 2.24) is 14.5 Å². The summed E-state index contributed by atoms with van der Waals surface area (Å²) in [6.45, 7) is 5.34. The molecular weight excluding hydrogens is 408 g/mol. The lowest BCUT2D eigenvalue weighted by Crippen LogP contribution is -2.58. The lowest BCUT2D eigenvalue weighted by Gasteiger charge is -2.40. The molecule has 10 nitrogen and oxygen atoms in total. The van der Waals surface area contributed by atoms with E-state index in [0.717, 1.165) is 0 Å². The van der Waals surface area contributed by atoms with E-state index in [0.29, 0.717) is 5.75 Å². The van der Waals surface area contributed by atoms with Gasteiger partial charge in [0.25, 0.3) is 5.91 Å². The summed E-state index contributed by atoms with van der Waals surface area (Å²) in [7, 11) is -2.26. The SMILES string of the molecule is C[Si](C)(C)[C@]1(n2cnc(NC(=O)COc3ccccc3)nc2=O)C[C@H](O)[C@@H](CO)O1. The third-order valence-electron chi connectivity index (χ3n) is 5.07. The van der Waals surface area contributed by atoms with E-state index in [4.69, 9.17) is 9.47 Å². The van der Waals surface area contributed by atoms with E-state index >= 15 is 0 Å². The molecule has 30 heavy (non-hydrogen) atoms. The van der Waals surface area contributed by atoms with E-state index < -0.39 is 37.2 Å². The Morgan fingerprint density at radius 2 is 2.07 bits per heavy atom. The number of aliphatic hydroxyl groups excluding tert-OH is 2. The highest BCUT2D eigenvalue weighted by atomic mass is 28.3. The number of hydrogen-bond donors (Lipinski definition) is 3. The number of nitrogens with one attached hydrogen (secondary N) is 1. The van der Waals surface area contributed by atoms with Crippen LogP contribution in [-0.4, -0.2) is 64.2 Å². The van der Waals surface area contributed by atoms with Gasteiger partial charge in [-0.1, -0.05) is 37.8 Å². The predicted molar refractivity (Wildman–Crippen MR) is 111 cm³/mol. The summed E-state index contributed by atoms with van der Waals surface area (Å²) >= 11 is 0. The molecule has 0 bridgehead atoms. The first-order valence-electron chi connectivity index (χ1n) is 9.57. The van der Waals surface area contributed by atoms with Crippen LogP contribution in [0.2, 0.25) is 19.6 Å². The molecule has 2 aromatic rings. The van der Waals surface area contributed by atoms with Crippen molar-refractivity contribution in [3.63, 3.8) is 0 Å². The monoisotopic (exact) mass is 434 g/mol. The van der Waals surface area contributed by atoms with Gasteiger partial charge >= 0.3 is 5.69 Å². The Balaban J connectivity index is 1.77. The van der Waals surface area contributed by atoms with Gasteiger partial charge in [0.15, 0.2) is 6.61 Å². The Bertz CT molecular complexity index is 948. The molecule has 1 aliphatic rings. The average Bonchev–Trinajstić information content (AvgIpc) is 3.05. The van der Waals surface area contributed by atoms with Crippen LogP contribution in [0.3, 0.4) is 0 Å². The lowest BCUT2D eigenvalue weighted by atomic mass is 10.2. The van der Waals surface area contributed by atoms with E-state index in [1.54, 1.807) is 24.3 Å². The first-order valence-corrected chi connectivity index (χ1v) is 13.1. The Hall–Kier alpha value is -2.60. The molecular formula is C19H26N4O6Si. The predicted octanol–water partition coefficient (Wildman–Crippen LogP) is 0.328. The summed E-state index contributed by atoms with van der Waals surface area (Å²) in [5, 5.41) is 21.1. The highest BCUT2D eigenvalue weighted by molar-refractivity contribution is 6.78. The van der Waals surface area contributed by atoms with Crippen molar-refractivity contribution in [3.05, 3.63) is 47.1 Å². The number of aromatic nitrogens is 3. The molecule has 3 N–H and O–H groups in total. The zero-order valence-electron chi connectivity index (χ0n) is 17.1. The molecule has 11 heteroatoms. The molecule has 3 rings (SSSR count). The van der Waals surface area contributed by atoms with Crippen molar-refractivity contribution >= 4 is 19.9 Å². The molecule has 3 atom stereocenters. The fourth-order valence-corrected chi connectivity index (χ4v) is 5.62. The maximum absolute atomic E-state index is 12.8. The normalized spacial score (nSPS) is 23.9. The first kappa shape index (κ1) is 22.1. The molecule has 0 aliphatic carbocycles. The number of hydrogen-bond acceptors (Lipinski definition) is 8. The first-order chi connectivity index (χ1) is 14.2. The molecule has 0 saturated carbocycles. The van der Waals surface area contributed by atoms with Gasteiger partial charge in [-0.15, -0.1) is 0 Å². The summed E-state index contributed by atoms with van der Waals surface area (Å²) in [6.07, 6.45) is -0.303. The van der Waals surface area contributed by atoms with Crippen LogP contribution in [0.4, 0.5) is 5.95 Å². The van der Waals surface area contributed by atoms with Gasteiger partial charge in [-0.25, -0.2) is 9.78 Å². The van der Waals surface area contributed by atoms with Crippen molar-refractivity contribution in [2.75, 3.05) is 18.5 Å². The number of amides is 1. The zero-order chi connectivity index (χ0) is 21.9. The van der Waals surface area contributed by atoms with Crippen LogP contribution in [0, 0.1) is 0 Å². The minimum Gasteiger partial charge on any atom is -0.484 e. The largest absolute Gasteiger partial charge is 0.484 e. The van der Waals surface area contributed by atoms with Crippen molar-refractivity contribution in [2.45, 2.75) is 43.6 Å². The third kappa shape index (κ3) is 4.43. The second kappa shape index (κ2) is 8.64. The highest BCUT2D eigenvalue weighted by Crippen LogP contribution is 2.41. The average molecular weight is 435 g/mol. The van der Waals surface area contributed by atoms with E-state index in [-0.39, 0.29) is 25.6 Å². The van der Waals surface area contributed by atoms with Gasteiger partial charge in [0.1, 0.15) is 31.6 Å². The number of anilines is 1. The van der Waals surface area contributed by atoms with E-state index in [9.17, 15) is 19.8 Å². The third-order valence-corrected chi connectivity index (χ3v) is 7.98. The van der Waals surface area contributed by atoms with Crippen LogP contribution in [0.15, 0.2) is 41.5 Å². The van der Waals surface area contributed by atoms with Crippen molar-refractivity contribution < 1.29 is 24.5 Å². The van der Waals surface area contributed by atoms with Crippen molar-refractivity contribution in [1.29, 1.82) is 0 Å². The number of aliphatic hydroxyl groups is 2. The molecule has 1 aliphatic heterocycles. The smallest absolute Gasteiger partial charge is 0.354 e. The van der Waals surface area contributed by atoms with Gasteiger partial charge in [-0.3, -0.25) is 14.7 Å². The molecule has 0 unspecified atom stereocenters. The molecule has 2 heterocycles. The molecule has 1 saturated heterocycles. The Morgan fingerprint density at radius 1 is 1.37 bits per heavy atom. The Morgan fingerprint density at radius 3 is 2.63 bits per heavy atom. The number of carbonyl (C=O) groups excluding carboxylic acids is 1. The number of benzene rings is 1. The summed E-state index contributed by atoms with van der Waals surface area (Å²) < 4.78 is 12.6. The summed E-state index contributed by atoms with van der Waals surface area (Å²) in [6, 6.07) is 8.84.